The molecular weight excluding hydrogens is 753 g/mol. The first-order valence-electron chi connectivity index (χ1n) is 20.8. The summed E-state index contributed by atoms with van der Waals surface area (Å²) < 4.78 is 4.42. The van der Waals surface area contributed by atoms with E-state index in [2.05, 4.69) is 259 Å². The zero-order valence-corrected chi connectivity index (χ0v) is 39.0. The number of aromatic nitrogens is 2. The van der Waals surface area contributed by atoms with E-state index < -0.39 is 0 Å². The average molecular weight is 817 g/mol. The molecule has 316 valence electrons. The van der Waals surface area contributed by atoms with Crippen molar-refractivity contribution in [2.75, 3.05) is 23.9 Å². The lowest BCUT2D eigenvalue weighted by molar-refractivity contribution is -0.646. The second-order valence-electron chi connectivity index (χ2n) is 16.4. The summed E-state index contributed by atoms with van der Waals surface area (Å²) in [5.74, 6) is 0. The normalized spacial score (nSPS) is 14.9. The molecule has 0 unspecified atom stereocenters. The van der Waals surface area contributed by atoms with Gasteiger partial charge in [-0.15, -0.1) is 0 Å². The van der Waals surface area contributed by atoms with Gasteiger partial charge in [-0.05, 0) is 119 Å². The third kappa shape index (κ3) is 10.6. The molecule has 0 saturated heterocycles. The van der Waals surface area contributed by atoms with Crippen molar-refractivity contribution in [3.63, 3.8) is 0 Å². The first-order chi connectivity index (χ1) is 28.8. The molecule has 4 nitrogen and oxygen atoms in total. The number of rotatable bonds is 6. The Hall–Kier alpha value is -6.78. The molecule has 0 spiro atoms. The number of hydrogen-bond donors (Lipinski definition) is 0. The molecule has 0 atom stereocenters. The molecule has 2 aliphatic heterocycles. The van der Waals surface area contributed by atoms with Gasteiger partial charge in [0.15, 0.2) is 6.20 Å². The molecule has 0 saturated carbocycles. The Balaban J connectivity index is 0.000000227. The van der Waals surface area contributed by atoms with Gasteiger partial charge in [0.25, 0.3) is 0 Å². The van der Waals surface area contributed by atoms with Crippen LogP contribution in [0.15, 0.2) is 169 Å². The van der Waals surface area contributed by atoms with Crippen LogP contribution in [0.5, 0.6) is 0 Å². The van der Waals surface area contributed by atoms with Crippen molar-refractivity contribution in [3.05, 3.63) is 228 Å². The van der Waals surface area contributed by atoms with Crippen molar-refractivity contribution in [1.29, 1.82) is 0 Å². The smallest absolute Gasteiger partial charge is 0.212 e. The number of likely N-dealkylation sites (N-methyl/N-ethyl adjacent to an activating group) is 1. The van der Waals surface area contributed by atoms with Crippen LogP contribution in [-0.2, 0) is 14.1 Å². The largest absolute Gasteiger partial charge is 0.358 e. The highest BCUT2D eigenvalue weighted by Gasteiger charge is 2.15. The molecule has 0 bridgehead atoms. The minimum Gasteiger partial charge on any atom is -0.358 e. The number of fused-ring (bicyclic) bond motifs is 4. The number of benzene rings is 4. The summed E-state index contributed by atoms with van der Waals surface area (Å²) in [6.07, 6.45) is 28.4. The molecule has 2 aromatic heterocycles. The Morgan fingerprint density at radius 3 is 1.98 bits per heavy atom. The van der Waals surface area contributed by atoms with Gasteiger partial charge in [0.05, 0.1) is 5.39 Å². The maximum absolute atomic E-state index is 2.26. The van der Waals surface area contributed by atoms with Crippen LogP contribution in [0.2, 0.25) is 0 Å². The molecule has 6 aromatic rings. The number of aryl methyl sites for hydroxylation is 6. The van der Waals surface area contributed by atoms with E-state index in [1.807, 2.05) is 0 Å². The van der Waals surface area contributed by atoms with Crippen LogP contribution < -0.4 is 18.9 Å². The Morgan fingerprint density at radius 2 is 1.23 bits per heavy atom. The van der Waals surface area contributed by atoms with Gasteiger partial charge < -0.3 is 24.7 Å². The number of allylic oxidation sites excluding steroid dienone is 11. The van der Waals surface area contributed by atoms with Crippen molar-refractivity contribution < 1.29 is 9.13 Å². The minimum absolute atomic E-state index is 0. The summed E-state index contributed by atoms with van der Waals surface area (Å²) in [5, 5.41) is 2.55. The molecule has 4 heterocycles. The molecular formula is C58H64N4. The van der Waals surface area contributed by atoms with Crippen molar-refractivity contribution in [2.24, 2.45) is 14.1 Å². The maximum Gasteiger partial charge on any atom is 0.212 e. The molecule has 0 amide bonds. The fraction of sp³-hybridized carbons (Fsp3) is 0.172. The number of hydrogen-bond acceptors (Lipinski definition) is 2. The van der Waals surface area contributed by atoms with E-state index in [-0.39, 0.29) is 14.9 Å². The van der Waals surface area contributed by atoms with Crippen LogP contribution in [-0.4, -0.2) is 14.1 Å². The highest BCUT2D eigenvalue weighted by molar-refractivity contribution is 5.88. The maximum atomic E-state index is 2.26. The lowest BCUT2D eigenvalue weighted by atomic mass is 9.97. The summed E-state index contributed by atoms with van der Waals surface area (Å²) >= 11 is 0. The summed E-state index contributed by atoms with van der Waals surface area (Å²) in [6, 6.07) is 33.0. The molecule has 4 aromatic carbocycles. The number of pyridine rings is 2. The first-order valence-corrected chi connectivity index (χ1v) is 20.8. The highest BCUT2D eigenvalue weighted by atomic mass is 15.1. The number of nitrogens with zero attached hydrogens (tertiary/aromatic N) is 4. The van der Waals surface area contributed by atoms with Gasteiger partial charge in [-0.25, -0.2) is 4.57 Å². The second kappa shape index (κ2) is 20.2. The second-order valence-corrected chi connectivity index (χ2v) is 16.4. The van der Waals surface area contributed by atoms with E-state index in [0.29, 0.717) is 0 Å². The molecule has 2 aliphatic rings. The summed E-state index contributed by atoms with van der Waals surface area (Å²) in [6.45, 7) is 12.8. The molecule has 8 rings (SSSR count). The molecule has 0 radical (unpaired) electrons. The van der Waals surface area contributed by atoms with E-state index in [1.54, 1.807) is 0 Å². The predicted octanol–water partition coefficient (Wildman–Crippen LogP) is 13.5. The number of anilines is 2. The monoisotopic (exact) mass is 817 g/mol. The summed E-state index contributed by atoms with van der Waals surface area (Å²) in [7, 11) is 8.44. The quantitative estimate of drug-likeness (QED) is 0.0944. The van der Waals surface area contributed by atoms with E-state index in [9.17, 15) is 0 Å². The molecule has 0 fully saturated rings. The summed E-state index contributed by atoms with van der Waals surface area (Å²) in [5.41, 5.74) is 20.0. The Labute approximate surface area is 372 Å². The van der Waals surface area contributed by atoms with Crippen molar-refractivity contribution in [3.8, 4) is 0 Å². The predicted molar refractivity (Wildman–Crippen MR) is 272 cm³/mol. The Kier molecular flexibility index (Phi) is 15.1. The minimum atomic E-state index is 0. The van der Waals surface area contributed by atoms with Crippen molar-refractivity contribution >= 4 is 57.0 Å². The lowest BCUT2D eigenvalue weighted by Gasteiger charge is -2.26. The molecule has 4 heteroatoms. The Bertz CT molecular complexity index is 2870. The Morgan fingerprint density at radius 1 is 0.597 bits per heavy atom. The van der Waals surface area contributed by atoms with E-state index in [1.165, 1.54) is 100 Å². The highest BCUT2D eigenvalue weighted by Crippen LogP contribution is 2.33. The average Bonchev–Trinajstić information content (AvgIpc) is 3.23. The van der Waals surface area contributed by atoms with Gasteiger partial charge in [0.2, 0.25) is 16.7 Å². The zero-order chi connectivity index (χ0) is 42.5. The van der Waals surface area contributed by atoms with Crippen LogP contribution in [0.4, 0.5) is 11.4 Å². The van der Waals surface area contributed by atoms with Crippen molar-refractivity contribution in [1.82, 2.24) is 0 Å². The first kappa shape index (κ1) is 46.3. The fourth-order valence-electron chi connectivity index (χ4n) is 7.79. The molecule has 0 N–H and O–H groups in total. The van der Waals surface area contributed by atoms with Gasteiger partial charge in [0, 0.05) is 78.7 Å². The van der Waals surface area contributed by atoms with Crippen molar-refractivity contribution in [2.45, 2.75) is 41.5 Å². The van der Waals surface area contributed by atoms with E-state index in [0.717, 1.165) is 0 Å². The van der Waals surface area contributed by atoms with Crippen LogP contribution in [0, 0.1) is 42.5 Å². The SMILES string of the molecule is CC(/C=C/c1cc[n+](C)c2ccc(C)cc12)=C\C=C1\C=CN(C)c2ccc(C)cc21.CC(/C=C/c1ccc2cc(C)ccc2[n+]1C)=C\C=C1/C=Cc2cc(C)ccc2N1C.[CH3-].[CH3-]. The zero-order valence-electron chi connectivity index (χ0n) is 39.0. The fourth-order valence-corrected chi connectivity index (χ4v) is 7.79. The van der Waals surface area contributed by atoms with Gasteiger partial charge in [-0.2, -0.15) is 4.57 Å². The molecule has 62 heavy (non-hydrogen) atoms. The van der Waals surface area contributed by atoms with Crippen LogP contribution in [0.1, 0.15) is 58.5 Å². The van der Waals surface area contributed by atoms with E-state index in [4.69, 9.17) is 0 Å². The van der Waals surface area contributed by atoms with Gasteiger partial charge in [-0.3, -0.25) is 0 Å². The van der Waals surface area contributed by atoms with Gasteiger partial charge >= 0.3 is 0 Å². The van der Waals surface area contributed by atoms with Crippen LogP contribution in [0.25, 0.3) is 45.6 Å². The summed E-state index contributed by atoms with van der Waals surface area (Å²) in [4.78, 5) is 4.42. The van der Waals surface area contributed by atoms with Gasteiger partial charge in [-0.1, -0.05) is 100 Å². The van der Waals surface area contributed by atoms with Gasteiger partial charge in [0.1, 0.15) is 14.1 Å². The standard InChI is InChI=1S/2C28H29N2.2CH3/c1-20(6-12-25-14-10-23-18-21(2)8-16-27(23)29(25)4)7-13-26-15-11-24-19-22(3)9-17-28(24)30(26)5;1-20(6-10-23-14-16-29(4)27-12-8-21(2)18-25(23)27)7-11-24-15-17-30(5)28-13-9-22(3)19-26(24)28;;/h2*6-19H,1-5H3;2*1H3/q2*+1;2*-1. The third-order valence-corrected chi connectivity index (χ3v) is 11.5. The third-order valence-electron chi connectivity index (χ3n) is 11.5. The topological polar surface area (TPSA) is 14.2 Å². The van der Waals surface area contributed by atoms with E-state index >= 15 is 0 Å². The van der Waals surface area contributed by atoms with Crippen LogP contribution in [0.3, 0.4) is 0 Å². The molecule has 0 aliphatic carbocycles. The van der Waals surface area contributed by atoms with Crippen LogP contribution >= 0.6 is 0 Å². The lowest BCUT2D eigenvalue weighted by Crippen LogP contribution is -2.32.